The molecule has 27 heavy (non-hydrogen) atoms. The maximum Gasteiger partial charge on any atom is 0.128 e. The van der Waals surface area contributed by atoms with Crippen molar-refractivity contribution in [3.05, 3.63) is 23.3 Å². The van der Waals surface area contributed by atoms with Crippen molar-refractivity contribution in [1.82, 2.24) is 15.2 Å². The Morgan fingerprint density at radius 3 is 2.15 bits per heavy atom. The third-order valence-corrected chi connectivity index (χ3v) is 12.1. The summed E-state index contributed by atoms with van der Waals surface area (Å²) in [6.45, 7) is 22.8. The number of nitrogens with zero attached hydrogens (tertiary/aromatic N) is 1. The van der Waals surface area contributed by atoms with Crippen LogP contribution < -0.4 is 10.6 Å². The second-order valence-electron chi connectivity index (χ2n) is 10.7. The molecule has 0 aromatic heterocycles. The summed E-state index contributed by atoms with van der Waals surface area (Å²) in [5, 5.41) is 7.09. The minimum atomic E-state index is -1.56. The van der Waals surface area contributed by atoms with Gasteiger partial charge in [-0.05, 0) is 53.0 Å². The molecule has 1 heterocycles. The number of hydrogen-bond acceptors (Lipinski definition) is 3. The summed E-state index contributed by atoms with van der Waals surface area (Å²) in [7, 11) is -1.56. The van der Waals surface area contributed by atoms with Crippen LogP contribution in [0.2, 0.25) is 18.6 Å². The highest BCUT2D eigenvalue weighted by Crippen LogP contribution is 2.59. The Morgan fingerprint density at radius 2 is 1.63 bits per heavy atom. The lowest BCUT2D eigenvalue weighted by Gasteiger charge is -2.46. The highest BCUT2D eigenvalue weighted by molar-refractivity contribution is 6.76. The predicted molar refractivity (Wildman–Crippen MR) is 120 cm³/mol. The lowest BCUT2D eigenvalue weighted by atomic mass is 9.70. The fourth-order valence-electron chi connectivity index (χ4n) is 5.91. The van der Waals surface area contributed by atoms with Crippen LogP contribution in [0, 0.1) is 35.5 Å². The molecule has 0 aromatic rings. The van der Waals surface area contributed by atoms with Gasteiger partial charge in [0.05, 0.1) is 0 Å². The van der Waals surface area contributed by atoms with E-state index in [0.29, 0.717) is 11.8 Å². The molecule has 0 radical (unpaired) electrons. The summed E-state index contributed by atoms with van der Waals surface area (Å²) in [5.74, 6) is 4.37. The van der Waals surface area contributed by atoms with Crippen molar-refractivity contribution >= 4 is 8.24 Å². The minimum absolute atomic E-state index is 0.626. The number of hydrogen-bond donors (Lipinski definition) is 2. The van der Waals surface area contributed by atoms with E-state index >= 15 is 0 Å². The summed E-state index contributed by atoms with van der Waals surface area (Å²) < 4.78 is 2.76. The fraction of sp³-hybridized carbons (Fsp3) is 0.826. The molecule has 4 atom stereocenters. The zero-order valence-electron chi connectivity index (χ0n) is 19.0. The van der Waals surface area contributed by atoms with Crippen LogP contribution in [0.15, 0.2) is 23.3 Å². The Balaban J connectivity index is 2.00. The van der Waals surface area contributed by atoms with Crippen LogP contribution in [0.4, 0.5) is 0 Å². The van der Waals surface area contributed by atoms with E-state index in [4.69, 9.17) is 0 Å². The van der Waals surface area contributed by atoms with Crippen molar-refractivity contribution in [2.45, 2.75) is 66.6 Å². The number of rotatable bonds is 5. The van der Waals surface area contributed by atoms with Gasteiger partial charge in [0.25, 0.3) is 0 Å². The van der Waals surface area contributed by atoms with Crippen molar-refractivity contribution in [1.29, 1.82) is 0 Å². The Bertz CT molecular complexity index is 584. The van der Waals surface area contributed by atoms with E-state index in [2.05, 4.69) is 82.0 Å². The molecular formula is C23H43N3Si. The van der Waals surface area contributed by atoms with Crippen LogP contribution in [0.1, 0.15) is 48.0 Å². The smallest absolute Gasteiger partial charge is 0.128 e. The second kappa shape index (κ2) is 8.14. The summed E-state index contributed by atoms with van der Waals surface area (Å²) in [6.07, 6.45) is 6.72. The molecule has 154 valence electrons. The molecule has 2 aliphatic carbocycles. The number of allylic oxidation sites excluding steroid dienone is 4. The summed E-state index contributed by atoms with van der Waals surface area (Å²) >= 11 is 0. The van der Waals surface area contributed by atoms with E-state index in [1.807, 2.05) is 0 Å². The summed E-state index contributed by atoms with van der Waals surface area (Å²) in [4.78, 5) is 0. The molecule has 1 saturated carbocycles. The largest absolute Gasteiger partial charge is 0.299 e. The van der Waals surface area contributed by atoms with Gasteiger partial charge in [0.2, 0.25) is 0 Å². The van der Waals surface area contributed by atoms with Crippen molar-refractivity contribution in [2.24, 2.45) is 35.5 Å². The molecule has 2 fully saturated rings. The molecule has 4 unspecified atom stereocenters. The molecular weight excluding hydrogens is 346 g/mol. The predicted octanol–water partition coefficient (Wildman–Crippen LogP) is 5.02. The Hall–Kier alpha value is -0.423. The van der Waals surface area contributed by atoms with E-state index in [1.54, 1.807) is 11.1 Å². The maximum absolute atomic E-state index is 3.55. The van der Waals surface area contributed by atoms with Gasteiger partial charge in [-0.1, -0.05) is 72.4 Å². The van der Waals surface area contributed by atoms with Crippen LogP contribution in [0.25, 0.3) is 0 Å². The monoisotopic (exact) mass is 389 g/mol. The lowest BCUT2D eigenvalue weighted by Crippen LogP contribution is -2.63. The zero-order valence-corrected chi connectivity index (χ0v) is 20.0. The highest BCUT2D eigenvalue weighted by atomic mass is 28.3. The average molecular weight is 390 g/mol. The molecule has 2 N–H and O–H groups in total. The maximum atomic E-state index is 3.55. The number of nitrogens with one attached hydrogen (secondary N) is 2. The molecule has 3 nitrogen and oxygen atoms in total. The van der Waals surface area contributed by atoms with E-state index < -0.39 is 8.24 Å². The van der Waals surface area contributed by atoms with Gasteiger partial charge in [-0.3, -0.25) is 15.2 Å². The third kappa shape index (κ3) is 4.01. The van der Waals surface area contributed by atoms with Gasteiger partial charge >= 0.3 is 0 Å². The zero-order chi connectivity index (χ0) is 19.9. The number of fused-ring (bicyclic) bond motifs is 1. The standard InChI is InChI=1S/C23H43N3Si/c1-15(2)18-9-19(16(3)4)23-20(17(5)6)11-22(21(23)10-18)27(7,8)26-13-24-12-25-14-26/h9-10,15-17,20-25H,11-14H2,1-8H3. The fourth-order valence-corrected chi connectivity index (χ4v) is 9.51. The van der Waals surface area contributed by atoms with Gasteiger partial charge in [-0.15, -0.1) is 0 Å². The van der Waals surface area contributed by atoms with Crippen molar-refractivity contribution in [2.75, 3.05) is 20.0 Å². The van der Waals surface area contributed by atoms with Crippen molar-refractivity contribution in [3.63, 3.8) is 0 Å². The van der Waals surface area contributed by atoms with Gasteiger partial charge in [0, 0.05) is 20.0 Å². The first-order valence-electron chi connectivity index (χ1n) is 11.2. The van der Waals surface area contributed by atoms with E-state index in [9.17, 15) is 0 Å². The first kappa shape index (κ1) is 21.3. The van der Waals surface area contributed by atoms with Gasteiger partial charge in [-0.25, -0.2) is 0 Å². The van der Waals surface area contributed by atoms with Crippen LogP contribution in [0.3, 0.4) is 0 Å². The van der Waals surface area contributed by atoms with E-state index in [-0.39, 0.29) is 0 Å². The Labute approximate surface area is 169 Å². The van der Waals surface area contributed by atoms with Gasteiger partial charge in [0.1, 0.15) is 8.24 Å². The van der Waals surface area contributed by atoms with E-state index in [0.717, 1.165) is 49.2 Å². The molecule has 4 heteroatoms. The molecule has 3 aliphatic rings. The Kier molecular flexibility index (Phi) is 6.41. The van der Waals surface area contributed by atoms with Gasteiger partial charge < -0.3 is 0 Å². The van der Waals surface area contributed by atoms with Crippen LogP contribution in [-0.2, 0) is 0 Å². The normalized spacial score (nSPS) is 32.9. The molecule has 0 amide bonds. The lowest BCUT2D eigenvalue weighted by molar-refractivity contribution is 0.282. The van der Waals surface area contributed by atoms with Crippen LogP contribution >= 0.6 is 0 Å². The Morgan fingerprint density at radius 1 is 1.00 bits per heavy atom. The topological polar surface area (TPSA) is 27.3 Å². The molecule has 0 bridgehead atoms. The van der Waals surface area contributed by atoms with Crippen LogP contribution in [-0.4, -0.2) is 32.8 Å². The molecule has 1 saturated heterocycles. The third-order valence-electron chi connectivity index (χ3n) is 7.74. The van der Waals surface area contributed by atoms with Gasteiger partial charge in [-0.2, -0.15) is 0 Å². The van der Waals surface area contributed by atoms with Crippen LogP contribution in [0.5, 0.6) is 0 Å². The summed E-state index contributed by atoms with van der Waals surface area (Å²) in [6, 6.07) is 0. The quantitative estimate of drug-likeness (QED) is 0.647. The molecule has 0 aromatic carbocycles. The SMILES string of the molecule is CC(C)C1=CC2C(C(C(C)C)=C1)C(C(C)C)CC2[Si](C)(C)N1CNCNC1. The van der Waals surface area contributed by atoms with Gasteiger partial charge in [0.15, 0.2) is 0 Å². The second-order valence-corrected chi connectivity index (χ2v) is 15.3. The van der Waals surface area contributed by atoms with E-state index in [1.165, 1.54) is 6.42 Å². The van der Waals surface area contributed by atoms with Crippen molar-refractivity contribution < 1.29 is 0 Å². The highest BCUT2D eigenvalue weighted by Gasteiger charge is 2.53. The minimum Gasteiger partial charge on any atom is -0.299 e. The molecule has 1 aliphatic heterocycles. The first-order valence-corrected chi connectivity index (χ1v) is 14.3. The molecule has 3 rings (SSSR count). The summed E-state index contributed by atoms with van der Waals surface area (Å²) in [5.41, 5.74) is 4.17. The van der Waals surface area contributed by atoms with Crippen molar-refractivity contribution in [3.8, 4) is 0 Å². The first-order chi connectivity index (χ1) is 12.6. The average Bonchev–Trinajstić information content (AvgIpc) is 3.02. The molecule has 0 spiro atoms.